The number of halogens is 2. The summed E-state index contributed by atoms with van der Waals surface area (Å²) >= 11 is 13.4. The van der Waals surface area contributed by atoms with Crippen LogP contribution in [0.3, 0.4) is 0 Å². The Morgan fingerprint density at radius 1 is 1.27 bits per heavy atom. The van der Waals surface area contributed by atoms with Crippen LogP contribution < -0.4 is 5.32 Å². The van der Waals surface area contributed by atoms with Gasteiger partial charge in [-0.3, -0.25) is 19.8 Å². The van der Waals surface area contributed by atoms with E-state index in [1.807, 2.05) is 5.38 Å². The Kier molecular flexibility index (Phi) is 5.96. The summed E-state index contributed by atoms with van der Waals surface area (Å²) in [6.45, 7) is 0. The van der Waals surface area contributed by atoms with E-state index in [0.717, 1.165) is 10.5 Å². The number of amides is 3. The lowest BCUT2D eigenvalue weighted by Gasteiger charge is -2.22. The van der Waals surface area contributed by atoms with Gasteiger partial charge in [0.2, 0.25) is 5.91 Å². The molecule has 0 aliphatic carbocycles. The van der Waals surface area contributed by atoms with Gasteiger partial charge >= 0.3 is 6.03 Å². The Labute approximate surface area is 164 Å². The number of nitrogens with one attached hydrogen (secondary N) is 1. The summed E-state index contributed by atoms with van der Waals surface area (Å²) in [5, 5.41) is 6.15. The van der Waals surface area contributed by atoms with E-state index in [4.69, 9.17) is 23.2 Å². The standard InChI is InChI=1S/C18H16Cl2N2O3S/c19-12-5-3-11(13(20)10-12)4-7-15(23)14-6-8-17(24)22(14)18(25)21-16-2-1-9-26-16/h1-3,5,9-10,14H,4,6-8H2,(H,21,25)/t14-/m0/s1. The molecule has 0 spiro atoms. The van der Waals surface area contributed by atoms with Crippen molar-refractivity contribution in [1.29, 1.82) is 0 Å². The second-order valence-corrected chi connectivity index (χ2v) is 7.72. The molecule has 0 saturated carbocycles. The number of hydrogen-bond acceptors (Lipinski definition) is 4. The van der Waals surface area contributed by atoms with Gasteiger partial charge < -0.3 is 0 Å². The molecule has 2 aromatic rings. The highest BCUT2D eigenvalue weighted by molar-refractivity contribution is 7.14. The van der Waals surface area contributed by atoms with E-state index in [9.17, 15) is 14.4 Å². The van der Waals surface area contributed by atoms with E-state index in [1.54, 1.807) is 30.3 Å². The summed E-state index contributed by atoms with van der Waals surface area (Å²) < 4.78 is 0. The lowest BCUT2D eigenvalue weighted by atomic mass is 10.0. The first-order valence-electron chi connectivity index (χ1n) is 8.09. The van der Waals surface area contributed by atoms with Crippen molar-refractivity contribution in [1.82, 2.24) is 4.90 Å². The van der Waals surface area contributed by atoms with Crippen LogP contribution >= 0.6 is 34.5 Å². The zero-order valence-electron chi connectivity index (χ0n) is 13.7. The van der Waals surface area contributed by atoms with E-state index in [-0.39, 0.29) is 24.5 Å². The molecule has 0 radical (unpaired) electrons. The van der Waals surface area contributed by atoms with Gasteiger partial charge in [-0.15, -0.1) is 11.3 Å². The molecule has 3 rings (SSSR count). The van der Waals surface area contributed by atoms with Gasteiger partial charge in [0, 0.05) is 22.9 Å². The lowest BCUT2D eigenvalue weighted by molar-refractivity contribution is -0.131. The molecule has 26 heavy (non-hydrogen) atoms. The van der Waals surface area contributed by atoms with Crippen molar-refractivity contribution in [3.8, 4) is 0 Å². The first-order chi connectivity index (χ1) is 12.5. The molecule has 0 unspecified atom stereocenters. The number of thiophene rings is 1. The van der Waals surface area contributed by atoms with E-state index >= 15 is 0 Å². The van der Waals surface area contributed by atoms with Crippen molar-refractivity contribution >= 4 is 57.3 Å². The summed E-state index contributed by atoms with van der Waals surface area (Å²) in [6, 6.07) is 7.37. The van der Waals surface area contributed by atoms with Gasteiger partial charge in [0.1, 0.15) is 6.04 Å². The summed E-state index contributed by atoms with van der Waals surface area (Å²) in [4.78, 5) is 38.2. The van der Waals surface area contributed by atoms with Crippen LogP contribution in [0.2, 0.25) is 10.0 Å². The highest BCUT2D eigenvalue weighted by atomic mass is 35.5. The largest absolute Gasteiger partial charge is 0.329 e. The molecule has 1 aliphatic rings. The number of aryl methyl sites for hydroxylation is 1. The van der Waals surface area contributed by atoms with Crippen LogP contribution in [0.4, 0.5) is 9.80 Å². The third kappa shape index (κ3) is 4.26. The van der Waals surface area contributed by atoms with E-state index in [0.29, 0.717) is 27.9 Å². The normalized spacial score (nSPS) is 16.8. The van der Waals surface area contributed by atoms with Crippen LogP contribution in [0.1, 0.15) is 24.8 Å². The van der Waals surface area contributed by atoms with E-state index in [1.165, 1.54) is 11.3 Å². The van der Waals surface area contributed by atoms with E-state index < -0.39 is 12.1 Å². The van der Waals surface area contributed by atoms with Crippen LogP contribution in [0.25, 0.3) is 0 Å². The fourth-order valence-electron chi connectivity index (χ4n) is 2.91. The van der Waals surface area contributed by atoms with Crippen LogP contribution in [-0.2, 0) is 16.0 Å². The van der Waals surface area contributed by atoms with Gasteiger partial charge in [0.05, 0.1) is 5.00 Å². The molecule has 2 heterocycles. The fraction of sp³-hybridized carbons (Fsp3) is 0.278. The Hall–Kier alpha value is -1.89. The predicted molar refractivity (Wildman–Crippen MR) is 103 cm³/mol. The molecule has 5 nitrogen and oxygen atoms in total. The van der Waals surface area contributed by atoms with Gasteiger partial charge in [0.25, 0.3) is 0 Å². The maximum Gasteiger partial charge on any atom is 0.329 e. The van der Waals surface area contributed by atoms with Crippen molar-refractivity contribution in [3.05, 3.63) is 51.3 Å². The Balaban J connectivity index is 1.65. The van der Waals surface area contributed by atoms with Crippen LogP contribution in [0.15, 0.2) is 35.7 Å². The zero-order chi connectivity index (χ0) is 18.7. The Bertz CT molecular complexity index is 839. The number of carbonyl (C=O) groups is 3. The zero-order valence-corrected chi connectivity index (χ0v) is 16.0. The van der Waals surface area contributed by atoms with Crippen molar-refractivity contribution in [2.75, 3.05) is 5.32 Å². The monoisotopic (exact) mass is 410 g/mol. The van der Waals surface area contributed by atoms with E-state index in [2.05, 4.69) is 5.32 Å². The van der Waals surface area contributed by atoms with Crippen LogP contribution in [0, 0.1) is 0 Å². The summed E-state index contributed by atoms with van der Waals surface area (Å²) in [5.41, 5.74) is 0.809. The Morgan fingerprint density at radius 2 is 2.08 bits per heavy atom. The molecule has 3 amide bonds. The third-order valence-corrected chi connectivity index (χ3v) is 5.58. The number of hydrogen-bond donors (Lipinski definition) is 1. The topological polar surface area (TPSA) is 66.5 Å². The molecule has 0 bridgehead atoms. The molecule has 1 aliphatic heterocycles. The fourth-order valence-corrected chi connectivity index (χ4v) is 4.02. The minimum atomic E-state index is -0.728. The highest BCUT2D eigenvalue weighted by Gasteiger charge is 2.39. The molecular weight excluding hydrogens is 395 g/mol. The molecule has 1 fully saturated rings. The van der Waals surface area contributed by atoms with Crippen molar-refractivity contribution in [2.45, 2.75) is 31.7 Å². The smallest absolute Gasteiger partial charge is 0.299 e. The predicted octanol–water partition coefficient (Wildman–Crippen LogP) is 4.78. The highest BCUT2D eigenvalue weighted by Crippen LogP contribution is 2.26. The summed E-state index contributed by atoms with van der Waals surface area (Å²) in [7, 11) is 0. The molecule has 1 aromatic carbocycles. The van der Waals surface area contributed by atoms with Gasteiger partial charge in [-0.05, 0) is 48.1 Å². The van der Waals surface area contributed by atoms with Gasteiger partial charge in [-0.1, -0.05) is 29.3 Å². The second-order valence-electron chi connectivity index (χ2n) is 5.93. The number of nitrogens with zero attached hydrogens (tertiary/aromatic N) is 1. The number of urea groups is 1. The lowest BCUT2D eigenvalue weighted by Crippen LogP contribution is -2.45. The van der Waals surface area contributed by atoms with Crippen molar-refractivity contribution in [3.63, 3.8) is 0 Å². The average molecular weight is 411 g/mol. The first-order valence-corrected chi connectivity index (χ1v) is 9.72. The molecule has 136 valence electrons. The van der Waals surface area contributed by atoms with Crippen LogP contribution in [-0.4, -0.2) is 28.7 Å². The number of ketones is 1. The number of anilines is 1. The number of Topliss-reactive ketones (excluding diaryl/α,β-unsaturated/α-hetero) is 1. The van der Waals surface area contributed by atoms with Gasteiger partial charge in [-0.2, -0.15) is 0 Å². The van der Waals surface area contributed by atoms with Crippen molar-refractivity contribution in [2.24, 2.45) is 0 Å². The van der Waals surface area contributed by atoms with Gasteiger partial charge in [-0.25, -0.2) is 4.79 Å². The summed E-state index contributed by atoms with van der Waals surface area (Å²) in [6.07, 6.45) is 1.17. The molecular formula is C18H16Cl2N2O3S. The number of benzene rings is 1. The molecule has 1 saturated heterocycles. The number of rotatable bonds is 5. The second kappa shape index (κ2) is 8.20. The first kappa shape index (κ1) is 18.9. The molecule has 1 atom stereocenters. The maximum absolute atomic E-state index is 12.6. The van der Waals surface area contributed by atoms with Crippen LogP contribution in [0.5, 0.6) is 0 Å². The summed E-state index contributed by atoms with van der Waals surface area (Å²) in [5.74, 6) is -0.481. The number of imide groups is 1. The quantitative estimate of drug-likeness (QED) is 0.770. The number of carbonyl (C=O) groups excluding carboxylic acids is 3. The maximum atomic E-state index is 12.6. The molecule has 1 aromatic heterocycles. The minimum absolute atomic E-state index is 0.150. The number of likely N-dealkylation sites (tertiary alicyclic amines) is 1. The SMILES string of the molecule is O=C(CCc1ccc(Cl)cc1Cl)[C@@H]1CCC(=O)N1C(=O)Nc1cccs1. The minimum Gasteiger partial charge on any atom is -0.299 e. The van der Waals surface area contributed by atoms with Gasteiger partial charge in [0.15, 0.2) is 5.78 Å². The third-order valence-electron chi connectivity index (χ3n) is 4.21. The molecule has 8 heteroatoms. The average Bonchev–Trinajstić information content (AvgIpc) is 3.23. The molecule has 1 N–H and O–H groups in total. The Morgan fingerprint density at radius 3 is 2.77 bits per heavy atom. The van der Waals surface area contributed by atoms with Crippen molar-refractivity contribution < 1.29 is 14.4 Å².